The molecule has 0 bridgehead atoms. The van der Waals surface area contributed by atoms with Crippen LogP contribution in [0.3, 0.4) is 0 Å². The van der Waals surface area contributed by atoms with Crippen molar-refractivity contribution in [3.05, 3.63) is 70.3 Å². The normalized spacial score (nSPS) is 15.7. The molecule has 0 heterocycles. The van der Waals surface area contributed by atoms with Gasteiger partial charge in [0, 0.05) is 12.9 Å². The van der Waals surface area contributed by atoms with E-state index in [9.17, 15) is 22.3 Å². The van der Waals surface area contributed by atoms with E-state index < -0.39 is 21.5 Å². The zero-order chi connectivity index (χ0) is 19.1. The first-order valence-electron chi connectivity index (χ1n) is 8.05. The smallest absolute Gasteiger partial charge is 0.175 e. The topological polar surface area (TPSA) is 54.4 Å². The summed E-state index contributed by atoms with van der Waals surface area (Å²) in [5, 5.41) is 9.30. The second kappa shape index (κ2) is 6.78. The van der Waals surface area contributed by atoms with E-state index in [0.29, 0.717) is 17.5 Å². The maximum absolute atomic E-state index is 13.8. The molecule has 0 aromatic heterocycles. The lowest BCUT2D eigenvalue weighted by Crippen LogP contribution is -1.96. The maximum atomic E-state index is 13.8. The van der Waals surface area contributed by atoms with Gasteiger partial charge in [0.15, 0.2) is 21.5 Å². The van der Waals surface area contributed by atoms with E-state index in [2.05, 4.69) is 0 Å². The van der Waals surface area contributed by atoms with Crippen LogP contribution in [0, 0.1) is 11.6 Å². The van der Waals surface area contributed by atoms with Crippen molar-refractivity contribution in [2.45, 2.75) is 18.2 Å². The summed E-state index contributed by atoms with van der Waals surface area (Å²) in [6, 6.07) is 8.68. The predicted molar refractivity (Wildman–Crippen MR) is 98.1 cm³/mol. The molecule has 3 nitrogen and oxygen atoms in total. The minimum Gasteiger partial charge on any atom is -0.396 e. The zero-order valence-corrected chi connectivity index (χ0v) is 15.2. The first-order chi connectivity index (χ1) is 12.2. The van der Waals surface area contributed by atoms with Crippen molar-refractivity contribution < 1.29 is 22.3 Å². The average molecular weight is 376 g/mol. The Morgan fingerprint density at radius 3 is 2.15 bits per heavy atom. The molecule has 3 rings (SSSR count). The molecule has 0 unspecified atom stereocenters. The Kier molecular flexibility index (Phi) is 4.82. The van der Waals surface area contributed by atoms with Gasteiger partial charge in [-0.25, -0.2) is 17.2 Å². The highest BCUT2D eigenvalue weighted by Gasteiger charge is 2.25. The van der Waals surface area contributed by atoms with Crippen molar-refractivity contribution in [2.24, 2.45) is 0 Å². The largest absolute Gasteiger partial charge is 0.396 e. The highest BCUT2D eigenvalue weighted by atomic mass is 32.2. The van der Waals surface area contributed by atoms with Crippen LogP contribution in [-0.2, 0) is 9.84 Å². The molecular formula is C20H18F2O3S. The summed E-state index contributed by atoms with van der Waals surface area (Å²) >= 11 is 0. The third kappa shape index (κ3) is 3.34. The Hall–Kier alpha value is -2.31. The number of sulfone groups is 1. The van der Waals surface area contributed by atoms with Gasteiger partial charge in [0.1, 0.15) is 0 Å². The Bertz CT molecular complexity index is 1030. The summed E-state index contributed by atoms with van der Waals surface area (Å²) in [5.74, 6) is -1.86. The maximum Gasteiger partial charge on any atom is 0.175 e. The van der Waals surface area contributed by atoms with Crippen LogP contribution in [0.2, 0.25) is 0 Å². The molecule has 0 saturated carbocycles. The third-order valence-electron chi connectivity index (χ3n) is 4.51. The van der Waals surface area contributed by atoms with E-state index in [1.807, 2.05) is 13.0 Å². The van der Waals surface area contributed by atoms with E-state index in [1.54, 1.807) is 12.1 Å². The summed E-state index contributed by atoms with van der Waals surface area (Å²) < 4.78 is 50.6. The lowest BCUT2D eigenvalue weighted by molar-refractivity contribution is 0.305. The van der Waals surface area contributed by atoms with Crippen LogP contribution < -0.4 is 0 Å². The van der Waals surface area contributed by atoms with Gasteiger partial charge in [-0.1, -0.05) is 12.1 Å². The highest BCUT2D eigenvalue weighted by Crippen LogP contribution is 2.44. The SMILES string of the molecule is CC1=C(CCO)c2cc(F)c(F)cc2/C1=C\c1ccc(S(C)(=O)=O)cc1. The quantitative estimate of drug-likeness (QED) is 0.875. The van der Waals surface area contributed by atoms with Crippen LogP contribution in [0.15, 0.2) is 46.9 Å². The number of hydrogen-bond donors (Lipinski definition) is 1. The zero-order valence-electron chi connectivity index (χ0n) is 14.4. The predicted octanol–water partition coefficient (Wildman–Crippen LogP) is 4.08. The Labute approximate surface area is 151 Å². The van der Waals surface area contributed by atoms with Gasteiger partial charge in [-0.2, -0.15) is 0 Å². The fraction of sp³-hybridized carbons (Fsp3) is 0.200. The van der Waals surface area contributed by atoms with Gasteiger partial charge in [-0.15, -0.1) is 0 Å². The van der Waals surface area contributed by atoms with Gasteiger partial charge in [0.25, 0.3) is 0 Å². The van der Waals surface area contributed by atoms with Crippen molar-refractivity contribution in [3.63, 3.8) is 0 Å². The van der Waals surface area contributed by atoms with Gasteiger partial charge >= 0.3 is 0 Å². The van der Waals surface area contributed by atoms with Crippen molar-refractivity contribution in [2.75, 3.05) is 12.9 Å². The van der Waals surface area contributed by atoms with E-state index in [0.717, 1.165) is 40.7 Å². The number of rotatable bonds is 4. The number of aliphatic hydroxyl groups is 1. The number of halogens is 2. The van der Waals surface area contributed by atoms with Gasteiger partial charge < -0.3 is 5.11 Å². The number of aliphatic hydroxyl groups excluding tert-OH is 1. The van der Waals surface area contributed by atoms with Gasteiger partial charge in [0.05, 0.1) is 4.90 Å². The highest BCUT2D eigenvalue weighted by molar-refractivity contribution is 7.90. The van der Waals surface area contributed by atoms with E-state index >= 15 is 0 Å². The average Bonchev–Trinajstić information content (AvgIpc) is 2.81. The monoisotopic (exact) mass is 376 g/mol. The first-order valence-corrected chi connectivity index (χ1v) is 9.94. The van der Waals surface area contributed by atoms with Crippen LogP contribution in [0.5, 0.6) is 0 Å². The molecular weight excluding hydrogens is 358 g/mol. The molecule has 2 aromatic rings. The van der Waals surface area contributed by atoms with Crippen LogP contribution in [0.1, 0.15) is 30.0 Å². The molecule has 0 spiro atoms. The van der Waals surface area contributed by atoms with Crippen molar-refractivity contribution in [3.8, 4) is 0 Å². The molecule has 0 atom stereocenters. The van der Waals surface area contributed by atoms with E-state index in [4.69, 9.17) is 0 Å². The van der Waals surface area contributed by atoms with Crippen LogP contribution in [0.25, 0.3) is 17.2 Å². The standard InChI is InChI=1S/C20H18F2O3S/c1-12-15(7-8-23)17-10-19(21)20(22)11-18(17)16(12)9-13-3-5-14(6-4-13)26(2,24)25/h3-6,9-11,23H,7-8H2,1-2H3/b16-9-. The van der Waals surface area contributed by atoms with Crippen LogP contribution >= 0.6 is 0 Å². The minimum absolute atomic E-state index is 0.0958. The lowest BCUT2D eigenvalue weighted by Gasteiger charge is -2.06. The molecule has 2 aromatic carbocycles. The summed E-state index contributed by atoms with van der Waals surface area (Å²) in [4.78, 5) is 0.216. The van der Waals surface area contributed by atoms with Crippen molar-refractivity contribution >= 4 is 27.1 Å². The molecule has 26 heavy (non-hydrogen) atoms. The Morgan fingerprint density at radius 2 is 1.62 bits per heavy atom. The van der Waals surface area contributed by atoms with Gasteiger partial charge in [-0.05, 0) is 77.1 Å². The minimum atomic E-state index is -3.28. The molecule has 0 saturated heterocycles. The molecule has 0 amide bonds. The van der Waals surface area contributed by atoms with Crippen LogP contribution in [-0.4, -0.2) is 26.4 Å². The summed E-state index contributed by atoms with van der Waals surface area (Å²) in [5.41, 5.74) is 4.24. The van der Waals surface area contributed by atoms with Gasteiger partial charge in [-0.3, -0.25) is 0 Å². The number of allylic oxidation sites excluding steroid dienone is 2. The summed E-state index contributed by atoms with van der Waals surface area (Å²) in [6.07, 6.45) is 3.29. The molecule has 0 aliphatic heterocycles. The lowest BCUT2D eigenvalue weighted by atomic mass is 10.0. The second-order valence-electron chi connectivity index (χ2n) is 6.29. The number of fused-ring (bicyclic) bond motifs is 1. The molecule has 1 aliphatic carbocycles. The fourth-order valence-electron chi connectivity index (χ4n) is 3.18. The molecule has 136 valence electrons. The Balaban J connectivity index is 2.13. The Morgan fingerprint density at radius 1 is 1.04 bits per heavy atom. The van der Waals surface area contributed by atoms with Crippen molar-refractivity contribution in [1.82, 2.24) is 0 Å². The van der Waals surface area contributed by atoms with E-state index in [-0.39, 0.29) is 11.5 Å². The first kappa shape index (κ1) is 18.5. The number of hydrogen-bond acceptors (Lipinski definition) is 3. The number of benzene rings is 2. The molecule has 0 fully saturated rings. The molecule has 1 N–H and O–H groups in total. The molecule has 0 radical (unpaired) electrons. The summed E-state index contributed by atoms with van der Waals surface area (Å²) in [7, 11) is -3.28. The summed E-state index contributed by atoms with van der Waals surface area (Å²) in [6.45, 7) is 1.75. The van der Waals surface area contributed by atoms with E-state index in [1.165, 1.54) is 12.1 Å². The molecule has 1 aliphatic rings. The molecule has 6 heteroatoms. The third-order valence-corrected chi connectivity index (χ3v) is 5.64. The second-order valence-corrected chi connectivity index (χ2v) is 8.30. The van der Waals surface area contributed by atoms with Gasteiger partial charge in [0.2, 0.25) is 0 Å². The van der Waals surface area contributed by atoms with Crippen molar-refractivity contribution in [1.29, 1.82) is 0 Å². The van der Waals surface area contributed by atoms with Crippen LogP contribution in [0.4, 0.5) is 8.78 Å². The fourth-order valence-corrected chi connectivity index (χ4v) is 3.81.